The summed E-state index contributed by atoms with van der Waals surface area (Å²) in [6.07, 6.45) is 2.68. The zero-order valence-corrected chi connectivity index (χ0v) is 13.1. The Hall–Kier alpha value is -1.72. The summed E-state index contributed by atoms with van der Waals surface area (Å²) in [6.45, 7) is 4.43. The van der Waals surface area contributed by atoms with Crippen molar-refractivity contribution in [2.75, 3.05) is 0 Å². The zero-order valence-electron chi connectivity index (χ0n) is 12.3. The lowest BCUT2D eigenvalue weighted by Crippen LogP contribution is -2.23. The van der Waals surface area contributed by atoms with E-state index in [1.165, 1.54) is 0 Å². The fourth-order valence-corrected chi connectivity index (χ4v) is 2.97. The summed E-state index contributed by atoms with van der Waals surface area (Å²) >= 11 is 0. The Morgan fingerprint density at radius 2 is 1.86 bits per heavy atom. The van der Waals surface area contributed by atoms with Gasteiger partial charge < -0.3 is 0 Å². The van der Waals surface area contributed by atoms with E-state index >= 15 is 0 Å². The summed E-state index contributed by atoms with van der Waals surface area (Å²) in [6, 6.07) is 12.5. The van der Waals surface area contributed by atoms with Gasteiger partial charge in [0.25, 0.3) is 0 Å². The van der Waals surface area contributed by atoms with E-state index in [0.717, 1.165) is 12.0 Å². The Bertz CT molecular complexity index is 667. The molecule has 112 valence electrons. The highest BCUT2D eigenvalue weighted by molar-refractivity contribution is 7.89. The molecule has 21 heavy (non-hydrogen) atoms. The quantitative estimate of drug-likeness (QED) is 0.892. The highest BCUT2D eigenvalue weighted by atomic mass is 32.2. The molecule has 0 bridgehead atoms. The number of sulfonamides is 1. The second kappa shape index (κ2) is 6.83. The molecule has 0 unspecified atom stereocenters. The van der Waals surface area contributed by atoms with Gasteiger partial charge >= 0.3 is 0 Å². The molecule has 5 heteroatoms. The molecule has 1 aromatic heterocycles. The van der Waals surface area contributed by atoms with Crippen molar-refractivity contribution >= 4 is 10.0 Å². The third kappa shape index (κ3) is 4.12. The predicted molar refractivity (Wildman–Crippen MR) is 83.4 cm³/mol. The topological polar surface area (TPSA) is 59.1 Å². The summed E-state index contributed by atoms with van der Waals surface area (Å²) < 4.78 is 27.0. The average molecular weight is 304 g/mol. The maximum absolute atomic E-state index is 12.2. The standard InChI is InChI=1S/C16H20N2O2S/c1-3-13(2)14-7-9-16(10-8-14)21(19,20)18-12-15-6-4-5-11-17-15/h4-11,13,18H,3,12H2,1-2H3/t13-/m1/s1. The van der Waals surface area contributed by atoms with Crippen LogP contribution in [0.5, 0.6) is 0 Å². The van der Waals surface area contributed by atoms with Crippen molar-refractivity contribution < 1.29 is 8.42 Å². The summed E-state index contributed by atoms with van der Waals surface area (Å²) in [5, 5.41) is 0. The SMILES string of the molecule is CC[C@@H](C)c1ccc(S(=O)(=O)NCc2ccccn2)cc1. The van der Waals surface area contributed by atoms with E-state index in [4.69, 9.17) is 0 Å². The van der Waals surface area contributed by atoms with Crippen molar-refractivity contribution in [1.29, 1.82) is 0 Å². The first kappa shape index (κ1) is 15.7. The number of aromatic nitrogens is 1. The van der Waals surface area contributed by atoms with Crippen LogP contribution in [-0.2, 0) is 16.6 Å². The van der Waals surface area contributed by atoms with Crippen LogP contribution in [0.3, 0.4) is 0 Å². The van der Waals surface area contributed by atoms with Crippen molar-refractivity contribution in [2.24, 2.45) is 0 Å². The summed E-state index contributed by atoms with van der Waals surface area (Å²) in [7, 11) is -3.50. The zero-order chi connectivity index (χ0) is 15.3. The Labute approximate surface area is 126 Å². The van der Waals surface area contributed by atoms with E-state index in [9.17, 15) is 8.42 Å². The molecule has 0 aliphatic carbocycles. The molecule has 0 saturated heterocycles. The molecule has 0 saturated carbocycles. The number of hydrogen-bond acceptors (Lipinski definition) is 3. The normalized spacial score (nSPS) is 13.0. The first-order valence-electron chi connectivity index (χ1n) is 7.02. The number of nitrogens with zero attached hydrogens (tertiary/aromatic N) is 1. The highest BCUT2D eigenvalue weighted by Gasteiger charge is 2.14. The predicted octanol–water partition coefficient (Wildman–Crippen LogP) is 3.07. The number of pyridine rings is 1. The number of benzene rings is 1. The van der Waals surface area contributed by atoms with Crippen molar-refractivity contribution in [3.8, 4) is 0 Å². The fourth-order valence-electron chi connectivity index (χ4n) is 1.97. The molecule has 2 aromatic rings. The Balaban J connectivity index is 2.09. The third-order valence-electron chi connectivity index (χ3n) is 3.54. The molecule has 0 aliphatic rings. The van der Waals surface area contributed by atoms with Crippen LogP contribution in [0.1, 0.15) is 37.4 Å². The van der Waals surface area contributed by atoms with E-state index in [-0.39, 0.29) is 11.4 Å². The molecule has 0 radical (unpaired) electrons. The van der Waals surface area contributed by atoms with Gasteiger partial charge in [0.15, 0.2) is 0 Å². The number of rotatable bonds is 6. The molecule has 1 atom stereocenters. The van der Waals surface area contributed by atoms with Crippen LogP contribution in [0.15, 0.2) is 53.6 Å². The van der Waals surface area contributed by atoms with Crippen LogP contribution in [-0.4, -0.2) is 13.4 Å². The first-order valence-corrected chi connectivity index (χ1v) is 8.51. The van der Waals surface area contributed by atoms with E-state index in [0.29, 0.717) is 11.6 Å². The fraction of sp³-hybridized carbons (Fsp3) is 0.312. The van der Waals surface area contributed by atoms with Crippen molar-refractivity contribution in [3.63, 3.8) is 0 Å². The van der Waals surface area contributed by atoms with Gasteiger partial charge in [-0.2, -0.15) is 0 Å². The van der Waals surface area contributed by atoms with Gasteiger partial charge in [0.05, 0.1) is 17.1 Å². The lowest BCUT2D eigenvalue weighted by atomic mass is 9.99. The van der Waals surface area contributed by atoms with Crippen LogP contribution >= 0.6 is 0 Å². The monoisotopic (exact) mass is 304 g/mol. The van der Waals surface area contributed by atoms with Gasteiger partial charge in [-0.1, -0.05) is 32.0 Å². The number of hydrogen-bond donors (Lipinski definition) is 1. The molecule has 4 nitrogen and oxygen atoms in total. The van der Waals surface area contributed by atoms with Gasteiger partial charge in [-0.3, -0.25) is 4.98 Å². The maximum atomic E-state index is 12.2. The summed E-state index contributed by atoms with van der Waals surface area (Å²) in [5.41, 5.74) is 1.85. The maximum Gasteiger partial charge on any atom is 0.240 e. The Morgan fingerprint density at radius 1 is 1.14 bits per heavy atom. The summed E-state index contributed by atoms with van der Waals surface area (Å²) in [5.74, 6) is 0.434. The molecule has 1 heterocycles. The van der Waals surface area contributed by atoms with Crippen LogP contribution < -0.4 is 4.72 Å². The second-order valence-electron chi connectivity index (χ2n) is 5.02. The molecule has 0 spiro atoms. The van der Waals surface area contributed by atoms with E-state index in [1.54, 1.807) is 30.5 Å². The van der Waals surface area contributed by atoms with Crippen molar-refractivity contribution in [1.82, 2.24) is 9.71 Å². The van der Waals surface area contributed by atoms with Gasteiger partial charge in [-0.15, -0.1) is 0 Å². The molecule has 1 aromatic carbocycles. The lowest BCUT2D eigenvalue weighted by molar-refractivity contribution is 0.580. The van der Waals surface area contributed by atoms with E-state index in [2.05, 4.69) is 23.6 Å². The van der Waals surface area contributed by atoms with Crippen LogP contribution in [0.25, 0.3) is 0 Å². The van der Waals surface area contributed by atoms with Gasteiger partial charge in [0.2, 0.25) is 10.0 Å². The molecule has 0 aliphatic heterocycles. The molecular weight excluding hydrogens is 284 g/mol. The average Bonchev–Trinajstić information content (AvgIpc) is 2.53. The minimum absolute atomic E-state index is 0.191. The molecule has 1 N–H and O–H groups in total. The summed E-state index contributed by atoms with van der Waals surface area (Å²) in [4.78, 5) is 4.38. The first-order chi connectivity index (χ1) is 10.0. The largest absolute Gasteiger partial charge is 0.260 e. The number of nitrogens with one attached hydrogen (secondary N) is 1. The second-order valence-corrected chi connectivity index (χ2v) is 6.79. The highest BCUT2D eigenvalue weighted by Crippen LogP contribution is 2.20. The lowest BCUT2D eigenvalue weighted by Gasteiger charge is -2.10. The van der Waals surface area contributed by atoms with Crippen molar-refractivity contribution in [3.05, 3.63) is 59.9 Å². The molecule has 0 amide bonds. The third-order valence-corrected chi connectivity index (χ3v) is 4.96. The van der Waals surface area contributed by atoms with Gasteiger partial charge in [0, 0.05) is 6.20 Å². The van der Waals surface area contributed by atoms with E-state index < -0.39 is 10.0 Å². The van der Waals surface area contributed by atoms with Crippen LogP contribution in [0.2, 0.25) is 0 Å². The molecule has 0 fully saturated rings. The van der Waals surface area contributed by atoms with Crippen LogP contribution in [0, 0.1) is 0 Å². The Kier molecular flexibility index (Phi) is 5.09. The minimum Gasteiger partial charge on any atom is -0.260 e. The van der Waals surface area contributed by atoms with Crippen molar-refractivity contribution in [2.45, 2.75) is 37.6 Å². The minimum atomic E-state index is -3.50. The van der Waals surface area contributed by atoms with Gasteiger partial charge in [-0.25, -0.2) is 13.1 Å². The van der Waals surface area contributed by atoms with Gasteiger partial charge in [-0.05, 0) is 42.2 Å². The molecule has 2 rings (SSSR count). The Morgan fingerprint density at radius 3 is 2.43 bits per heavy atom. The van der Waals surface area contributed by atoms with Gasteiger partial charge in [0.1, 0.15) is 0 Å². The van der Waals surface area contributed by atoms with E-state index in [1.807, 2.05) is 18.2 Å². The smallest absolute Gasteiger partial charge is 0.240 e. The molecular formula is C16H20N2O2S. The van der Waals surface area contributed by atoms with Crippen LogP contribution in [0.4, 0.5) is 0 Å².